The van der Waals surface area contributed by atoms with Gasteiger partial charge in [0.2, 0.25) is 5.91 Å². The molecule has 0 saturated heterocycles. The molecule has 1 aliphatic rings. The molecule has 0 spiro atoms. The van der Waals surface area contributed by atoms with Gasteiger partial charge in [0, 0.05) is 23.1 Å². The number of hydrogen-bond donors (Lipinski definition) is 2. The van der Waals surface area contributed by atoms with E-state index in [0.717, 1.165) is 42.5 Å². The Balaban J connectivity index is 1.80. The summed E-state index contributed by atoms with van der Waals surface area (Å²) in [5.74, 6) is 1.47. The molecule has 4 nitrogen and oxygen atoms in total. The van der Waals surface area contributed by atoms with E-state index in [2.05, 4.69) is 33.2 Å². The van der Waals surface area contributed by atoms with Gasteiger partial charge in [-0.05, 0) is 66.1 Å². The first-order chi connectivity index (χ1) is 9.06. The molecule has 1 aromatic rings. The molecular formula is C14H20BrN3O. The van der Waals surface area contributed by atoms with Gasteiger partial charge in [-0.2, -0.15) is 0 Å². The maximum absolute atomic E-state index is 11.1. The predicted octanol–water partition coefficient (Wildman–Crippen LogP) is 2.86. The smallest absolute Gasteiger partial charge is 0.220 e. The summed E-state index contributed by atoms with van der Waals surface area (Å²) >= 11 is 3.44. The number of anilines is 1. The van der Waals surface area contributed by atoms with Crippen molar-refractivity contribution in [3.63, 3.8) is 0 Å². The van der Waals surface area contributed by atoms with Gasteiger partial charge in [-0.3, -0.25) is 4.79 Å². The summed E-state index contributed by atoms with van der Waals surface area (Å²) < 4.78 is 1.03. The third kappa shape index (κ3) is 3.93. The van der Waals surface area contributed by atoms with Crippen LogP contribution in [0.25, 0.3) is 0 Å². The van der Waals surface area contributed by atoms with E-state index in [1.165, 1.54) is 5.56 Å². The normalized spacial score (nSPS) is 23.1. The molecule has 5 heteroatoms. The van der Waals surface area contributed by atoms with Crippen LogP contribution >= 0.6 is 15.9 Å². The van der Waals surface area contributed by atoms with E-state index in [1.807, 2.05) is 12.3 Å². The second-order valence-corrected chi connectivity index (χ2v) is 6.17. The second-order valence-electron chi connectivity index (χ2n) is 5.32. The number of primary amides is 1. The van der Waals surface area contributed by atoms with Gasteiger partial charge in [0.15, 0.2) is 0 Å². The van der Waals surface area contributed by atoms with Gasteiger partial charge >= 0.3 is 0 Å². The number of carbonyl (C=O) groups is 1. The Morgan fingerprint density at radius 2 is 2.16 bits per heavy atom. The number of aromatic nitrogens is 1. The monoisotopic (exact) mass is 325 g/mol. The molecule has 1 heterocycles. The van der Waals surface area contributed by atoms with Crippen LogP contribution in [0, 0.1) is 18.8 Å². The van der Waals surface area contributed by atoms with Crippen LogP contribution in [-0.4, -0.2) is 17.4 Å². The standard InChI is InChI=1S/C14H20BrN3O/c1-9-6-13(18-8-12(9)15)17-7-10-2-4-11(5-3-10)14(16)19/h6,8,10-11H,2-5,7H2,1H3,(H2,16,19)(H,17,18). The molecule has 1 aliphatic carbocycles. The lowest BCUT2D eigenvalue weighted by Crippen LogP contribution is -2.29. The molecule has 3 N–H and O–H groups in total. The van der Waals surface area contributed by atoms with Gasteiger partial charge in [0.25, 0.3) is 0 Å². The van der Waals surface area contributed by atoms with Crippen molar-refractivity contribution in [3.05, 3.63) is 22.3 Å². The summed E-state index contributed by atoms with van der Waals surface area (Å²) in [7, 11) is 0. The summed E-state index contributed by atoms with van der Waals surface area (Å²) in [6.07, 6.45) is 5.80. The zero-order chi connectivity index (χ0) is 13.8. The van der Waals surface area contributed by atoms with E-state index in [-0.39, 0.29) is 11.8 Å². The van der Waals surface area contributed by atoms with Crippen molar-refractivity contribution in [2.75, 3.05) is 11.9 Å². The molecule has 0 aliphatic heterocycles. The van der Waals surface area contributed by atoms with E-state index >= 15 is 0 Å². The van der Waals surface area contributed by atoms with Crippen molar-refractivity contribution in [1.82, 2.24) is 4.98 Å². The third-order valence-corrected chi connectivity index (χ3v) is 4.70. The van der Waals surface area contributed by atoms with Crippen molar-refractivity contribution in [1.29, 1.82) is 0 Å². The molecule has 0 atom stereocenters. The first-order valence-electron chi connectivity index (χ1n) is 6.71. The summed E-state index contributed by atoms with van der Waals surface area (Å²) in [4.78, 5) is 15.4. The van der Waals surface area contributed by atoms with Gasteiger partial charge in [-0.1, -0.05) is 0 Å². The molecule has 0 aromatic carbocycles. The maximum atomic E-state index is 11.1. The van der Waals surface area contributed by atoms with Crippen LogP contribution in [0.2, 0.25) is 0 Å². The highest BCUT2D eigenvalue weighted by Crippen LogP contribution is 2.28. The van der Waals surface area contributed by atoms with Gasteiger partial charge in [0.1, 0.15) is 5.82 Å². The topological polar surface area (TPSA) is 68.0 Å². The zero-order valence-electron chi connectivity index (χ0n) is 11.2. The first kappa shape index (κ1) is 14.3. The van der Waals surface area contributed by atoms with Crippen LogP contribution in [0.3, 0.4) is 0 Å². The Hall–Kier alpha value is -1.10. The SMILES string of the molecule is Cc1cc(NCC2CCC(C(N)=O)CC2)ncc1Br. The first-order valence-corrected chi connectivity index (χ1v) is 7.51. The number of nitrogens with one attached hydrogen (secondary N) is 1. The van der Waals surface area contributed by atoms with Crippen molar-refractivity contribution in [3.8, 4) is 0 Å². The fraction of sp³-hybridized carbons (Fsp3) is 0.571. The molecule has 0 bridgehead atoms. The van der Waals surface area contributed by atoms with Crippen molar-refractivity contribution < 1.29 is 4.79 Å². The number of rotatable bonds is 4. The number of halogens is 1. The average Bonchev–Trinajstić information content (AvgIpc) is 2.40. The molecular weight excluding hydrogens is 306 g/mol. The molecule has 1 aromatic heterocycles. The summed E-state index contributed by atoms with van der Waals surface area (Å²) in [6, 6.07) is 2.04. The molecule has 1 amide bonds. The average molecular weight is 326 g/mol. The van der Waals surface area contributed by atoms with Crippen LogP contribution in [0.5, 0.6) is 0 Å². The van der Waals surface area contributed by atoms with E-state index in [4.69, 9.17) is 5.73 Å². The van der Waals surface area contributed by atoms with Crippen molar-refractivity contribution in [2.45, 2.75) is 32.6 Å². The fourth-order valence-electron chi connectivity index (χ4n) is 2.54. The fourth-order valence-corrected chi connectivity index (χ4v) is 2.75. The Labute approximate surface area is 122 Å². The Morgan fingerprint density at radius 1 is 1.47 bits per heavy atom. The lowest BCUT2D eigenvalue weighted by Gasteiger charge is -2.26. The minimum atomic E-state index is -0.142. The Kier molecular flexibility index (Phi) is 4.80. The van der Waals surface area contributed by atoms with Crippen LogP contribution in [-0.2, 0) is 4.79 Å². The summed E-state index contributed by atoms with van der Waals surface area (Å²) in [6.45, 7) is 2.97. The van der Waals surface area contributed by atoms with Crippen LogP contribution in [0.4, 0.5) is 5.82 Å². The highest BCUT2D eigenvalue weighted by Gasteiger charge is 2.24. The van der Waals surface area contributed by atoms with E-state index in [9.17, 15) is 4.79 Å². The van der Waals surface area contributed by atoms with Gasteiger partial charge < -0.3 is 11.1 Å². The van der Waals surface area contributed by atoms with E-state index < -0.39 is 0 Å². The highest BCUT2D eigenvalue weighted by molar-refractivity contribution is 9.10. The lowest BCUT2D eigenvalue weighted by molar-refractivity contribution is -0.122. The summed E-state index contributed by atoms with van der Waals surface area (Å²) in [5.41, 5.74) is 6.52. The quantitative estimate of drug-likeness (QED) is 0.894. The number of carbonyl (C=O) groups excluding carboxylic acids is 1. The molecule has 0 radical (unpaired) electrons. The molecule has 2 rings (SSSR count). The lowest BCUT2D eigenvalue weighted by atomic mass is 9.81. The maximum Gasteiger partial charge on any atom is 0.220 e. The van der Waals surface area contributed by atoms with E-state index in [1.54, 1.807) is 0 Å². The van der Waals surface area contributed by atoms with Gasteiger partial charge in [0.05, 0.1) is 0 Å². The van der Waals surface area contributed by atoms with Crippen LogP contribution < -0.4 is 11.1 Å². The largest absolute Gasteiger partial charge is 0.370 e. The summed E-state index contributed by atoms with van der Waals surface area (Å²) in [5, 5.41) is 3.38. The van der Waals surface area contributed by atoms with Crippen LogP contribution in [0.1, 0.15) is 31.2 Å². The Bertz CT molecular complexity index is 456. The third-order valence-electron chi connectivity index (χ3n) is 3.87. The molecule has 1 saturated carbocycles. The zero-order valence-corrected chi connectivity index (χ0v) is 12.7. The number of pyridine rings is 1. The molecule has 1 fully saturated rings. The Morgan fingerprint density at radius 3 is 2.74 bits per heavy atom. The number of aryl methyl sites for hydroxylation is 1. The van der Waals surface area contributed by atoms with Crippen LogP contribution in [0.15, 0.2) is 16.7 Å². The number of amides is 1. The van der Waals surface area contributed by atoms with Crippen molar-refractivity contribution in [2.24, 2.45) is 17.6 Å². The second kappa shape index (κ2) is 6.37. The van der Waals surface area contributed by atoms with Crippen molar-refractivity contribution >= 4 is 27.7 Å². The predicted molar refractivity (Wildman–Crippen MR) is 79.8 cm³/mol. The number of nitrogens with zero attached hydrogens (tertiary/aromatic N) is 1. The van der Waals surface area contributed by atoms with Gasteiger partial charge in [-0.25, -0.2) is 4.98 Å². The molecule has 0 unspecified atom stereocenters. The van der Waals surface area contributed by atoms with E-state index in [0.29, 0.717) is 5.92 Å². The van der Waals surface area contributed by atoms with Gasteiger partial charge in [-0.15, -0.1) is 0 Å². The number of hydrogen-bond acceptors (Lipinski definition) is 3. The minimum absolute atomic E-state index is 0.0873. The minimum Gasteiger partial charge on any atom is -0.370 e. The number of nitrogens with two attached hydrogens (primary N) is 1. The highest BCUT2D eigenvalue weighted by atomic mass is 79.9. The molecule has 104 valence electrons. The molecule has 19 heavy (non-hydrogen) atoms.